The van der Waals surface area contributed by atoms with Crippen LogP contribution in [0.5, 0.6) is 5.75 Å². The number of hydrogen-bond donors (Lipinski definition) is 1. The van der Waals surface area contributed by atoms with Crippen molar-refractivity contribution in [2.24, 2.45) is 0 Å². The lowest BCUT2D eigenvalue weighted by Crippen LogP contribution is -2.51. The first-order valence-electron chi connectivity index (χ1n) is 7.71. The van der Waals surface area contributed by atoms with Crippen LogP contribution in [0.25, 0.3) is 0 Å². The van der Waals surface area contributed by atoms with Gasteiger partial charge in [0.1, 0.15) is 0 Å². The maximum atomic E-state index is 13.7. The van der Waals surface area contributed by atoms with Gasteiger partial charge in [-0.1, -0.05) is 13.0 Å². The molecule has 2 amide bonds. The standard InChI is InChI=1S/C16H24FN3O2/c1-3-6-18-16(21)20-9-7-19(8-10-20)12-13-4-5-15(22-2)14(17)11-13/h4-5,11H,3,6-10,12H2,1-2H3,(H,18,21). The van der Waals surface area contributed by atoms with Gasteiger partial charge in [-0.3, -0.25) is 4.90 Å². The van der Waals surface area contributed by atoms with Gasteiger partial charge in [0.05, 0.1) is 7.11 Å². The molecule has 0 atom stereocenters. The summed E-state index contributed by atoms with van der Waals surface area (Å²) in [7, 11) is 1.46. The summed E-state index contributed by atoms with van der Waals surface area (Å²) in [6.07, 6.45) is 0.939. The zero-order chi connectivity index (χ0) is 15.9. The molecule has 1 N–H and O–H groups in total. The van der Waals surface area contributed by atoms with Crippen LogP contribution >= 0.6 is 0 Å². The average Bonchev–Trinajstić information content (AvgIpc) is 2.53. The molecule has 1 aromatic rings. The second-order valence-electron chi connectivity index (χ2n) is 5.46. The molecule has 0 bridgehead atoms. The molecule has 6 heteroatoms. The van der Waals surface area contributed by atoms with Crippen molar-refractivity contribution in [3.63, 3.8) is 0 Å². The highest BCUT2D eigenvalue weighted by atomic mass is 19.1. The lowest BCUT2D eigenvalue weighted by Gasteiger charge is -2.34. The van der Waals surface area contributed by atoms with Crippen LogP contribution in [-0.2, 0) is 6.54 Å². The molecule has 1 heterocycles. The quantitative estimate of drug-likeness (QED) is 0.905. The van der Waals surface area contributed by atoms with Crippen LogP contribution < -0.4 is 10.1 Å². The third kappa shape index (κ3) is 4.34. The van der Waals surface area contributed by atoms with E-state index in [1.165, 1.54) is 13.2 Å². The topological polar surface area (TPSA) is 44.8 Å². The average molecular weight is 309 g/mol. The fraction of sp³-hybridized carbons (Fsp3) is 0.562. The molecule has 2 rings (SSSR count). The molecule has 0 unspecified atom stereocenters. The summed E-state index contributed by atoms with van der Waals surface area (Å²) in [6, 6.07) is 5.05. The lowest BCUT2D eigenvalue weighted by atomic mass is 10.2. The van der Waals surface area contributed by atoms with E-state index in [1.54, 1.807) is 6.07 Å². The number of piperazine rings is 1. The molecular formula is C16H24FN3O2. The number of hydrogen-bond acceptors (Lipinski definition) is 3. The van der Waals surface area contributed by atoms with Crippen molar-refractivity contribution in [2.75, 3.05) is 39.8 Å². The van der Waals surface area contributed by atoms with Gasteiger partial charge in [-0.2, -0.15) is 0 Å². The van der Waals surface area contributed by atoms with Gasteiger partial charge in [0, 0.05) is 39.3 Å². The molecule has 1 fully saturated rings. The molecule has 1 aromatic carbocycles. The van der Waals surface area contributed by atoms with Gasteiger partial charge in [-0.15, -0.1) is 0 Å². The summed E-state index contributed by atoms with van der Waals surface area (Å²) in [5, 5.41) is 2.89. The maximum Gasteiger partial charge on any atom is 0.317 e. The van der Waals surface area contributed by atoms with Crippen LogP contribution in [-0.4, -0.2) is 55.7 Å². The van der Waals surface area contributed by atoms with E-state index >= 15 is 0 Å². The van der Waals surface area contributed by atoms with Gasteiger partial charge in [-0.05, 0) is 24.1 Å². The fourth-order valence-electron chi connectivity index (χ4n) is 2.52. The number of methoxy groups -OCH3 is 1. The summed E-state index contributed by atoms with van der Waals surface area (Å²) < 4.78 is 18.6. The van der Waals surface area contributed by atoms with Crippen molar-refractivity contribution in [3.8, 4) is 5.75 Å². The first-order chi connectivity index (χ1) is 10.6. The van der Waals surface area contributed by atoms with Crippen LogP contribution in [0.15, 0.2) is 18.2 Å². The molecule has 122 valence electrons. The van der Waals surface area contributed by atoms with E-state index in [0.29, 0.717) is 26.2 Å². The van der Waals surface area contributed by atoms with Gasteiger partial charge in [0.25, 0.3) is 0 Å². The van der Waals surface area contributed by atoms with E-state index in [-0.39, 0.29) is 17.6 Å². The minimum absolute atomic E-state index is 0.0111. The normalized spacial score (nSPS) is 15.7. The highest BCUT2D eigenvalue weighted by molar-refractivity contribution is 5.74. The Hall–Kier alpha value is -1.82. The van der Waals surface area contributed by atoms with E-state index < -0.39 is 0 Å². The van der Waals surface area contributed by atoms with Crippen LogP contribution in [0.1, 0.15) is 18.9 Å². The summed E-state index contributed by atoms with van der Waals surface area (Å²) >= 11 is 0. The SMILES string of the molecule is CCCNC(=O)N1CCN(Cc2ccc(OC)c(F)c2)CC1. The fourth-order valence-corrected chi connectivity index (χ4v) is 2.52. The Morgan fingerprint density at radius 3 is 2.64 bits per heavy atom. The Morgan fingerprint density at radius 1 is 1.32 bits per heavy atom. The van der Waals surface area contributed by atoms with Gasteiger partial charge >= 0.3 is 6.03 Å². The summed E-state index contributed by atoms with van der Waals surface area (Å²) in [5.74, 6) is -0.0706. The molecule has 22 heavy (non-hydrogen) atoms. The third-order valence-electron chi connectivity index (χ3n) is 3.81. The Kier molecular flexibility index (Phi) is 6.00. The van der Waals surface area contributed by atoms with Crippen LogP contribution in [0, 0.1) is 5.82 Å². The number of rotatable bonds is 5. The van der Waals surface area contributed by atoms with E-state index in [1.807, 2.05) is 17.9 Å². The van der Waals surface area contributed by atoms with Gasteiger partial charge in [0.2, 0.25) is 0 Å². The number of ether oxygens (including phenoxy) is 1. The molecule has 0 aromatic heterocycles. The number of carbonyl (C=O) groups is 1. The monoisotopic (exact) mass is 309 g/mol. The van der Waals surface area contributed by atoms with Gasteiger partial charge in [0.15, 0.2) is 11.6 Å². The van der Waals surface area contributed by atoms with E-state index in [2.05, 4.69) is 10.2 Å². The predicted octanol–water partition coefficient (Wildman–Crippen LogP) is 2.07. The molecule has 0 aliphatic carbocycles. The highest BCUT2D eigenvalue weighted by Gasteiger charge is 2.20. The summed E-state index contributed by atoms with van der Waals surface area (Å²) in [5.41, 5.74) is 0.919. The van der Waals surface area contributed by atoms with E-state index in [0.717, 1.165) is 25.1 Å². The van der Waals surface area contributed by atoms with Crippen LogP contribution in [0.4, 0.5) is 9.18 Å². The Morgan fingerprint density at radius 2 is 2.05 bits per heavy atom. The second kappa shape index (κ2) is 7.98. The lowest BCUT2D eigenvalue weighted by molar-refractivity contribution is 0.135. The van der Waals surface area contributed by atoms with Crippen molar-refractivity contribution in [1.29, 1.82) is 0 Å². The molecule has 1 saturated heterocycles. The Labute approximate surface area is 131 Å². The zero-order valence-corrected chi connectivity index (χ0v) is 13.3. The summed E-state index contributed by atoms with van der Waals surface area (Å²) in [4.78, 5) is 15.9. The number of halogens is 1. The van der Waals surface area contributed by atoms with E-state index in [9.17, 15) is 9.18 Å². The number of nitrogens with zero attached hydrogens (tertiary/aromatic N) is 2. The molecule has 1 aliphatic rings. The smallest absolute Gasteiger partial charge is 0.317 e. The van der Waals surface area contributed by atoms with Crippen LogP contribution in [0.3, 0.4) is 0 Å². The molecule has 0 spiro atoms. The first kappa shape index (κ1) is 16.5. The van der Waals surface area contributed by atoms with Crippen molar-refractivity contribution in [2.45, 2.75) is 19.9 Å². The number of carbonyl (C=O) groups excluding carboxylic acids is 1. The number of benzene rings is 1. The second-order valence-corrected chi connectivity index (χ2v) is 5.46. The van der Waals surface area contributed by atoms with Gasteiger partial charge in [-0.25, -0.2) is 9.18 Å². The zero-order valence-electron chi connectivity index (χ0n) is 13.3. The van der Waals surface area contributed by atoms with Crippen LogP contribution in [0.2, 0.25) is 0 Å². The van der Waals surface area contributed by atoms with Crippen molar-refractivity contribution in [3.05, 3.63) is 29.6 Å². The van der Waals surface area contributed by atoms with E-state index in [4.69, 9.17) is 4.74 Å². The molecule has 0 radical (unpaired) electrons. The number of urea groups is 1. The molecule has 0 saturated carbocycles. The van der Waals surface area contributed by atoms with Gasteiger partial charge < -0.3 is 15.0 Å². The maximum absolute atomic E-state index is 13.7. The molecular weight excluding hydrogens is 285 g/mol. The van der Waals surface area contributed by atoms with Crippen molar-refractivity contribution >= 4 is 6.03 Å². The minimum Gasteiger partial charge on any atom is -0.494 e. The Balaban J connectivity index is 1.82. The first-order valence-corrected chi connectivity index (χ1v) is 7.71. The van der Waals surface area contributed by atoms with Crippen molar-refractivity contribution in [1.82, 2.24) is 15.1 Å². The number of nitrogens with one attached hydrogen (secondary N) is 1. The minimum atomic E-state index is -0.336. The highest BCUT2D eigenvalue weighted by Crippen LogP contribution is 2.19. The Bertz CT molecular complexity index is 502. The predicted molar refractivity (Wildman–Crippen MR) is 83.5 cm³/mol. The van der Waals surface area contributed by atoms with Crippen molar-refractivity contribution < 1.29 is 13.9 Å². The largest absolute Gasteiger partial charge is 0.494 e. The molecule has 5 nitrogen and oxygen atoms in total. The summed E-state index contributed by atoms with van der Waals surface area (Å²) in [6.45, 7) is 6.43. The third-order valence-corrected chi connectivity index (χ3v) is 3.81. The molecule has 1 aliphatic heterocycles. The number of amides is 2.